The molecule has 2 aromatic rings. The Morgan fingerprint density at radius 2 is 1.57 bits per heavy atom. The molecule has 0 spiro atoms. The molecule has 7 rings (SSSR count). The molecule has 1 unspecified atom stereocenters. The van der Waals surface area contributed by atoms with E-state index in [0.29, 0.717) is 0 Å². The molecule has 19 nitrogen and oxygen atoms in total. The Kier molecular flexibility index (Phi) is 14.0. The summed E-state index contributed by atoms with van der Waals surface area (Å²) in [5.74, 6) is -8.32. The summed E-state index contributed by atoms with van der Waals surface area (Å²) in [5.41, 5.74) is -8.93. The molecule has 2 saturated heterocycles. The third-order valence-electron chi connectivity index (χ3n) is 14.8. The molecule has 2 heterocycles. The van der Waals surface area contributed by atoms with E-state index in [2.05, 4.69) is 5.32 Å². The van der Waals surface area contributed by atoms with Crippen molar-refractivity contribution in [3.63, 3.8) is 0 Å². The number of nitrogens with zero attached hydrogens (tertiary/aromatic N) is 1. The van der Waals surface area contributed by atoms with Crippen LogP contribution < -0.4 is 5.32 Å². The van der Waals surface area contributed by atoms with Crippen LogP contribution >= 0.6 is 0 Å². The van der Waals surface area contributed by atoms with Gasteiger partial charge >= 0.3 is 30.0 Å². The number of Topliss-reactive ketones (excluding diaryl/α,β-unsaturated/α-hetero) is 1. The van der Waals surface area contributed by atoms with Gasteiger partial charge in [0.2, 0.25) is 17.9 Å². The van der Waals surface area contributed by atoms with Crippen molar-refractivity contribution in [1.29, 1.82) is 0 Å². The van der Waals surface area contributed by atoms with Crippen LogP contribution in [0.25, 0.3) is 0 Å². The van der Waals surface area contributed by atoms with Gasteiger partial charge in [-0.25, -0.2) is 14.4 Å². The van der Waals surface area contributed by atoms with Crippen LogP contribution in [0.3, 0.4) is 0 Å². The van der Waals surface area contributed by atoms with Crippen molar-refractivity contribution in [3.05, 3.63) is 82.9 Å². The van der Waals surface area contributed by atoms with E-state index < -0.39 is 143 Å². The maximum atomic E-state index is 15.2. The minimum Gasteiger partial charge on any atom is -0.455 e. The van der Waals surface area contributed by atoms with Gasteiger partial charge < -0.3 is 49.1 Å². The lowest BCUT2D eigenvalue weighted by molar-refractivity contribution is -0.346. The van der Waals surface area contributed by atoms with Crippen LogP contribution in [-0.2, 0) is 57.2 Å². The van der Waals surface area contributed by atoms with E-state index in [9.17, 15) is 44.1 Å². The number of esters is 4. The number of carbonyl (C=O) groups excluding carboxylic acids is 8. The number of fused-ring (bicyclic) bond motifs is 5. The van der Waals surface area contributed by atoms with Crippen LogP contribution in [0.4, 0.5) is 4.79 Å². The first-order chi connectivity index (χ1) is 32.7. The topological polar surface area (TPSA) is 268 Å². The van der Waals surface area contributed by atoms with Crippen LogP contribution in [0.15, 0.2) is 71.8 Å². The van der Waals surface area contributed by atoms with E-state index >= 15 is 9.59 Å². The fourth-order valence-electron chi connectivity index (χ4n) is 11.1. The van der Waals surface area contributed by atoms with Crippen molar-refractivity contribution < 1.29 is 82.1 Å². The highest BCUT2D eigenvalue weighted by Gasteiger charge is 2.78. The Hall–Kier alpha value is -6.02. The minimum atomic E-state index is -2.47. The summed E-state index contributed by atoms with van der Waals surface area (Å²) >= 11 is 0. The first-order valence-corrected chi connectivity index (χ1v) is 23.4. The van der Waals surface area contributed by atoms with Crippen LogP contribution in [0.1, 0.15) is 110 Å². The van der Waals surface area contributed by atoms with Crippen molar-refractivity contribution in [2.75, 3.05) is 13.2 Å². The summed E-state index contributed by atoms with van der Waals surface area (Å²) in [4.78, 5) is 111. The summed E-state index contributed by atoms with van der Waals surface area (Å²) in [6.07, 6.45) is -12.8. The van der Waals surface area contributed by atoms with E-state index in [0.717, 1.165) is 11.8 Å². The monoisotopic (exact) mass is 974 g/mol. The van der Waals surface area contributed by atoms with Gasteiger partial charge in [-0.3, -0.25) is 28.9 Å². The number of aliphatic hydroxyl groups is 3. The van der Waals surface area contributed by atoms with Crippen molar-refractivity contribution in [2.24, 2.45) is 22.7 Å². The molecule has 70 heavy (non-hydrogen) atoms. The molecule has 2 saturated carbocycles. The second-order valence-electron chi connectivity index (χ2n) is 20.8. The van der Waals surface area contributed by atoms with Crippen LogP contribution in [0.5, 0.6) is 0 Å². The average Bonchev–Trinajstić information content (AvgIpc) is 3.53. The number of ether oxygens (including phenoxy) is 6. The average molecular weight is 975 g/mol. The Morgan fingerprint density at radius 3 is 2.13 bits per heavy atom. The summed E-state index contributed by atoms with van der Waals surface area (Å²) in [6.45, 7) is 12.7. The highest BCUT2D eigenvalue weighted by molar-refractivity contribution is 6.03. The molecule has 4 fully saturated rings. The molecule has 2 aliphatic heterocycles. The second-order valence-corrected chi connectivity index (χ2v) is 20.8. The smallest absolute Gasteiger partial charge is 0.408 e. The van der Waals surface area contributed by atoms with Crippen LogP contribution in [-0.4, -0.2) is 134 Å². The molecule has 0 aromatic heterocycles. The zero-order valence-electron chi connectivity index (χ0n) is 40.7. The van der Waals surface area contributed by atoms with Gasteiger partial charge in [0.15, 0.2) is 11.4 Å². The number of carbonyl (C=O) groups is 8. The van der Waals surface area contributed by atoms with Gasteiger partial charge in [0.1, 0.15) is 41.7 Å². The first kappa shape index (κ1) is 51.8. The molecule has 2 bridgehead atoms. The number of hydrogen-bond acceptors (Lipinski definition) is 17. The first-order valence-electron chi connectivity index (χ1n) is 23.4. The summed E-state index contributed by atoms with van der Waals surface area (Å²) in [6, 6.07) is 14.1. The molecule has 3 aliphatic carbocycles. The largest absolute Gasteiger partial charge is 0.455 e. The third kappa shape index (κ3) is 9.12. The lowest BCUT2D eigenvalue weighted by Gasteiger charge is -2.67. The summed E-state index contributed by atoms with van der Waals surface area (Å²) in [7, 11) is 0. The SMILES string of the molecule is CC(=O)O[C@@]12CO[C@@H]1C[C@H](O)[C@@]1(C)C(=O)[C@H](O)C3=C(C)[C@@H](OC(=O)[C@H](OC(=O)CCN4C(=O)CC(C)C4=O)[C@@H](NC(=O)OC(C)(C)C)c4ccccc4)C[C@@](O)([C@@H](OC(=O)c4ccccc4)[C@H]21)C3(C)C. The number of hydrogen-bond donors (Lipinski definition) is 4. The fraction of sp³-hybridized carbons (Fsp3) is 0.569. The lowest BCUT2D eigenvalue weighted by Crippen LogP contribution is -2.81. The van der Waals surface area contributed by atoms with E-state index in [1.165, 1.54) is 52.0 Å². The Balaban J connectivity index is 1.35. The molecular formula is C51H62N2O17. The molecule has 0 radical (unpaired) electrons. The summed E-state index contributed by atoms with van der Waals surface area (Å²) in [5, 5.41) is 40.8. The number of imide groups is 1. The van der Waals surface area contributed by atoms with Crippen molar-refractivity contribution >= 4 is 47.6 Å². The quantitative estimate of drug-likeness (QED) is 0.102. The molecule has 3 amide bonds. The minimum absolute atomic E-state index is 0.0335. The van der Waals surface area contributed by atoms with Gasteiger partial charge in [-0.1, -0.05) is 69.3 Å². The maximum absolute atomic E-state index is 15.2. The van der Waals surface area contributed by atoms with Gasteiger partial charge in [-0.15, -0.1) is 0 Å². The standard InChI is InChI=1S/C51H62N2O17/c1-26-22-34(56)53(43(26)60)21-20-35(57)67-39(37(29-16-12-10-13-17-29)52-46(63)70-47(4,5)6)45(62)66-31-24-51(64)42(68-44(61)30-18-14-11-15-19-30)40-49(9,41(59)38(58)36(27(31)2)48(51,7)8)32(55)23-33-50(40,25-65-33)69-28(3)54/h10-19,26,31-33,37-40,42,55,58,64H,20-25H2,1-9H3,(H,52,63)/t26?,31-,32-,33+,37-,38+,39+,40-,42-,49+,50-,51+/m0/s1. The molecule has 5 aliphatic rings. The Morgan fingerprint density at radius 1 is 0.943 bits per heavy atom. The van der Waals surface area contributed by atoms with Gasteiger partial charge in [-0.05, 0) is 63.5 Å². The van der Waals surface area contributed by atoms with E-state index in [-0.39, 0.29) is 48.3 Å². The van der Waals surface area contributed by atoms with Gasteiger partial charge in [0.25, 0.3) is 0 Å². The van der Waals surface area contributed by atoms with E-state index in [1.807, 2.05) is 0 Å². The molecular weight excluding hydrogens is 913 g/mol. The van der Waals surface area contributed by atoms with Crippen molar-refractivity contribution in [3.8, 4) is 0 Å². The predicted octanol–water partition coefficient (Wildman–Crippen LogP) is 3.60. The highest BCUT2D eigenvalue weighted by atomic mass is 16.6. The summed E-state index contributed by atoms with van der Waals surface area (Å²) < 4.78 is 36.0. The third-order valence-corrected chi connectivity index (χ3v) is 14.8. The number of likely N-dealkylation sites (tertiary alicyclic amines) is 1. The van der Waals surface area contributed by atoms with Gasteiger partial charge in [0.05, 0.1) is 36.0 Å². The normalized spacial score (nSPS) is 32.1. The van der Waals surface area contributed by atoms with Crippen molar-refractivity contribution in [2.45, 2.75) is 147 Å². The number of amides is 3. The molecule has 12 atom stereocenters. The number of nitrogens with one attached hydrogen (secondary N) is 1. The lowest BCUT2D eigenvalue weighted by atomic mass is 9.44. The van der Waals surface area contributed by atoms with Gasteiger partial charge in [0, 0.05) is 44.1 Å². The number of aliphatic hydroxyl groups excluding tert-OH is 2. The van der Waals surface area contributed by atoms with Crippen LogP contribution in [0.2, 0.25) is 0 Å². The number of alkyl carbamates (subject to hydrolysis) is 1. The predicted molar refractivity (Wildman–Crippen MR) is 243 cm³/mol. The van der Waals surface area contributed by atoms with E-state index in [4.69, 9.17) is 28.4 Å². The Labute approximate surface area is 405 Å². The zero-order valence-corrected chi connectivity index (χ0v) is 40.7. The molecule has 2 aromatic carbocycles. The van der Waals surface area contributed by atoms with Crippen molar-refractivity contribution in [1.82, 2.24) is 10.2 Å². The van der Waals surface area contributed by atoms with Gasteiger partial charge in [-0.2, -0.15) is 0 Å². The van der Waals surface area contributed by atoms with Crippen LogP contribution in [0, 0.1) is 22.7 Å². The zero-order chi connectivity index (χ0) is 51.5. The molecule has 4 N–H and O–H groups in total. The maximum Gasteiger partial charge on any atom is 0.408 e. The number of rotatable bonds is 12. The number of ketones is 1. The number of benzene rings is 2. The molecule has 378 valence electrons. The second kappa shape index (κ2) is 19.0. The fourth-order valence-corrected chi connectivity index (χ4v) is 11.1. The van der Waals surface area contributed by atoms with E-state index in [1.54, 1.807) is 64.1 Å². The Bertz CT molecular complexity index is 2470. The molecule has 19 heteroatoms. The highest BCUT2D eigenvalue weighted by Crippen LogP contribution is 2.64.